The fraction of sp³-hybridized carbons (Fsp3) is 0.231. The minimum atomic E-state index is 0.0595. The minimum Gasteiger partial charge on any atom is -0.384 e. The van der Waals surface area contributed by atoms with Crippen LogP contribution in [0.2, 0.25) is 5.02 Å². The summed E-state index contributed by atoms with van der Waals surface area (Å²) in [6.45, 7) is 1.86. The Morgan fingerprint density at radius 1 is 1.42 bits per heavy atom. The van der Waals surface area contributed by atoms with Crippen molar-refractivity contribution in [3.63, 3.8) is 0 Å². The Morgan fingerprint density at radius 3 is 2.63 bits per heavy atom. The number of nitrogen functional groups attached to an aromatic ring is 1. The van der Waals surface area contributed by atoms with Crippen LogP contribution in [0.25, 0.3) is 0 Å². The van der Waals surface area contributed by atoms with E-state index in [0.717, 1.165) is 27.1 Å². The van der Waals surface area contributed by atoms with Crippen molar-refractivity contribution in [2.24, 2.45) is 12.8 Å². The van der Waals surface area contributed by atoms with Crippen molar-refractivity contribution in [1.29, 1.82) is 5.41 Å². The zero-order valence-corrected chi connectivity index (χ0v) is 12.3. The molecule has 100 valence electrons. The van der Waals surface area contributed by atoms with Crippen LogP contribution in [0.5, 0.6) is 0 Å². The fourth-order valence-corrected chi connectivity index (χ4v) is 3.10. The van der Waals surface area contributed by atoms with Gasteiger partial charge in [0.15, 0.2) is 0 Å². The molecule has 0 unspecified atom stereocenters. The predicted molar refractivity (Wildman–Crippen MR) is 80.0 cm³/mol. The van der Waals surface area contributed by atoms with Gasteiger partial charge in [-0.3, -0.25) is 10.1 Å². The van der Waals surface area contributed by atoms with Gasteiger partial charge in [-0.15, -0.1) is 11.8 Å². The molecular weight excluding hydrogens is 280 g/mol. The van der Waals surface area contributed by atoms with Crippen LogP contribution in [-0.4, -0.2) is 15.6 Å². The van der Waals surface area contributed by atoms with Crippen LogP contribution >= 0.6 is 23.4 Å². The van der Waals surface area contributed by atoms with Crippen molar-refractivity contribution in [3.8, 4) is 0 Å². The molecule has 0 aliphatic carbocycles. The van der Waals surface area contributed by atoms with Crippen LogP contribution in [0.15, 0.2) is 29.3 Å². The van der Waals surface area contributed by atoms with Crippen molar-refractivity contribution in [1.82, 2.24) is 9.78 Å². The Kier molecular flexibility index (Phi) is 4.17. The monoisotopic (exact) mass is 294 g/mol. The van der Waals surface area contributed by atoms with Gasteiger partial charge in [-0.05, 0) is 24.6 Å². The second-order valence-electron chi connectivity index (χ2n) is 4.22. The first kappa shape index (κ1) is 14.0. The molecule has 0 spiro atoms. The summed E-state index contributed by atoms with van der Waals surface area (Å²) in [6, 6.07) is 7.73. The van der Waals surface area contributed by atoms with Crippen molar-refractivity contribution in [2.75, 3.05) is 0 Å². The van der Waals surface area contributed by atoms with Gasteiger partial charge in [-0.1, -0.05) is 23.7 Å². The maximum atomic E-state index is 7.64. The molecule has 4 nitrogen and oxygen atoms in total. The Labute approximate surface area is 121 Å². The zero-order chi connectivity index (χ0) is 14.0. The molecule has 0 aliphatic heterocycles. The maximum absolute atomic E-state index is 7.64. The highest BCUT2D eigenvalue weighted by Crippen LogP contribution is 2.28. The predicted octanol–water partition coefficient (Wildman–Crippen LogP) is 2.96. The number of rotatable bonds is 4. The van der Waals surface area contributed by atoms with Crippen LogP contribution in [0.4, 0.5) is 0 Å². The number of amidine groups is 1. The van der Waals surface area contributed by atoms with Gasteiger partial charge in [0.2, 0.25) is 0 Å². The van der Waals surface area contributed by atoms with E-state index in [1.54, 1.807) is 16.4 Å². The molecule has 3 N–H and O–H groups in total. The number of aryl methyl sites for hydroxylation is 2. The quantitative estimate of drug-likeness (QED) is 0.517. The summed E-state index contributed by atoms with van der Waals surface area (Å²) in [5.41, 5.74) is 8.30. The largest absolute Gasteiger partial charge is 0.384 e. The molecule has 0 fully saturated rings. The minimum absolute atomic E-state index is 0.0595. The van der Waals surface area contributed by atoms with Crippen LogP contribution in [0.3, 0.4) is 0 Å². The number of nitrogens with one attached hydrogen (secondary N) is 1. The highest BCUT2D eigenvalue weighted by atomic mass is 35.5. The number of hydrogen-bond donors (Lipinski definition) is 2. The molecule has 1 aromatic heterocycles. The first-order valence-electron chi connectivity index (χ1n) is 5.74. The second kappa shape index (κ2) is 5.67. The lowest BCUT2D eigenvalue weighted by atomic mass is 10.2. The Morgan fingerprint density at radius 2 is 2.05 bits per heavy atom. The molecule has 0 saturated carbocycles. The van der Waals surface area contributed by atoms with Crippen molar-refractivity contribution in [3.05, 3.63) is 46.1 Å². The molecule has 1 aromatic carbocycles. The molecule has 0 saturated heterocycles. The number of halogens is 1. The number of thioether (sulfide) groups is 1. The molecule has 0 aliphatic rings. The molecule has 1 heterocycles. The molecule has 6 heteroatoms. The lowest BCUT2D eigenvalue weighted by molar-refractivity contribution is 0.692. The third kappa shape index (κ3) is 3.11. The Balaban J connectivity index is 2.20. The van der Waals surface area contributed by atoms with Gasteiger partial charge in [0.1, 0.15) is 10.9 Å². The first-order chi connectivity index (χ1) is 8.99. The summed E-state index contributed by atoms with van der Waals surface area (Å²) in [5.74, 6) is 0.848. The van der Waals surface area contributed by atoms with E-state index in [-0.39, 0.29) is 5.84 Å². The molecule has 0 atom stereocenters. The smallest absolute Gasteiger partial charge is 0.127 e. The lowest BCUT2D eigenvalue weighted by Gasteiger charge is -2.05. The third-order valence-corrected chi connectivity index (χ3v) is 4.20. The van der Waals surface area contributed by atoms with E-state index in [1.807, 2.05) is 38.2 Å². The molecule has 0 radical (unpaired) electrons. The highest BCUT2D eigenvalue weighted by molar-refractivity contribution is 7.98. The van der Waals surface area contributed by atoms with Gasteiger partial charge in [0.05, 0.1) is 11.3 Å². The van der Waals surface area contributed by atoms with Gasteiger partial charge in [0, 0.05) is 17.8 Å². The standard InChI is InChI=1S/C13H15ClN4S/c1-8-11(12(15)16)13(18(2)17-8)19-7-9-3-5-10(14)6-4-9/h3-6H,7H2,1-2H3,(H3,15,16). The van der Waals surface area contributed by atoms with Crippen molar-refractivity contribution < 1.29 is 0 Å². The number of benzene rings is 1. The van der Waals surface area contributed by atoms with E-state index in [1.165, 1.54) is 5.56 Å². The van der Waals surface area contributed by atoms with E-state index in [9.17, 15) is 0 Å². The molecule has 2 aromatic rings. The van der Waals surface area contributed by atoms with Gasteiger partial charge in [-0.2, -0.15) is 5.10 Å². The average Bonchev–Trinajstić information content (AvgIpc) is 2.63. The van der Waals surface area contributed by atoms with Crippen LogP contribution < -0.4 is 5.73 Å². The number of hydrogen-bond acceptors (Lipinski definition) is 3. The average molecular weight is 295 g/mol. The van der Waals surface area contributed by atoms with Gasteiger partial charge < -0.3 is 5.73 Å². The first-order valence-corrected chi connectivity index (χ1v) is 7.10. The molecular formula is C13H15ClN4S. The second-order valence-corrected chi connectivity index (χ2v) is 5.62. The summed E-state index contributed by atoms with van der Waals surface area (Å²) in [5, 5.41) is 13.6. The zero-order valence-electron chi connectivity index (χ0n) is 10.8. The van der Waals surface area contributed by atoms with Crippen molar-refractivity contribution in [2.45, 2.75) is 17.7 Å². The Hall–Kier alpha value is -1.46. The third-order valence-electron chi connectivity index (χ3n) is 2.73. The highest BCUT2D eigenvalue weighted by Gasteiger charge is 2.16. The molecule has 0 bridgehead atoms. The van der Waals surface area contributed by atoms with E-state index >= 15 is 0 Å². The van der Waals surface area contributed by atoms with Gasteiger partial charge >= 0.3 is 0 Å². The summed E-state index contributed by atoms with van der Waals surface area (Å²) in [6.07, 6.45) is 0. The Bertz CT molecular complexity index is 604. The van der Waals surface area contributed by atoms with E-state index < -0.39 is 0 Å². The van der Waals surface area contributed by atoms with Crippen LogP contribution in [-0.2, 0) is 12.8 Å². The lowest BCUT2D eigenvalue weighted by Crippen LogP contribution is -2.13. The molecule has 2 rings (SSSR count). The summed E-state index contributed by atoms with van der Waals surface area (Å²) >= 11 is 7.48. The summed E-state index contributed by atoms with van der Waals surface area (Å²) < 4.78 is 1.77. The number of aromatic nitrogens is 2. The van der Waals surface area contributed by atoms with E-state index in [4.69, 9.17) is 22.7 Å². The SMILES string of the molecule is Cc1nn(C)c(SCc2ccc(Cl)cc2)c1C(=N)N. The van der Waals surface area contributed by atoms with Crippen LogP contribution in [0, 0.1) is 12.3 Å². The fourth-order valence-electron chi connectivity index (χ4n) is 1.84. The van der Waals surface area contributed by atoms with E-state index in [0.29, 0.717) is 0 Å². The normalized spacial score (nSPS) is 10.7. The summed E-state index contributed by atoms with van der Waals surface area (Å²) in [7, 11) is 1.86. The van der Waals surface area contributed by atoms with Crippen molar-refractivity contribution >= 4 is 29.2 Å². The molecule has 0 amide bonds. The number of nitrogens with zero attached hydrogens (tertiary/aromatic N) is 2. The van der Waals surface area contributed by atoms with E-state index in [2.05, 4.69) is 5.10 Å². The van der Waals surface area contributed by atoms with Gasteiger partial charge in [0.25, 0.3) is 0 Å². The number of nitrogens with two attached hydrogens (primary N) is 1. The topological polar surface area (TPSA) is 67.7 Å². The van der Waals surface area contributed by atoms with Crippen LogP contribution in [0.1, 0.15) is 16.8 Å². The molecule has 19 heavy (non-hydrogen) atoms. The maximum Gasteiger partial charge on any atom is 0.127 e. The van der Waals surface area contributed by atoms with Gasteiger partial charge in [-0.25, -0.2) is 0 Å². The summed E-state index contributed by atoms with van der Waals surface area (Å²) in [4.78, 5) is 0.